The standard InChI is InChI=1S/C9H16.C6H12OS/c1-9-6-2-4-8(9)5-3-7-9;1-4-8-6(7)5(2)3/h8H,2-7H2,1H3;5H,4H2,1-3H3. The first-order chi connectivity index (χ1) is 7.99. The van der Waals surface area contributed by atoms with Crippen molar-refractivity contribution in [1.82, 2.24) is 0 Å². The van der Waals surface area contributed by atoms with Gasteiger partial charge in [0, 0.05) is 5.92 Å². The number of carbonyl (C=O) groups excluding carboxylic acids is 1. The van der Waals surface area contributed by atoms with Crippen LogP contribution in [0.25, 0.3) is 0 Å². The van der Waals surface area contributed by atoms with E-state index in [0.29, 0.717) is 5.12 Å². The molecule has 100 valence electrons. The minimum Gasteiger partial charge on any atom is -0.287 e. The second-order valence-corrected chi connectivity index (χ2v) is 7.31. The van der Waals surface area contributed by atoms with Gasteiger partial charge in [0.15, 0.2) is 5.12 Å². The molecule has 2 aliphatic carbocycles. The van der Waals surface area contributed by atoms with E-state index >= 15 is 0 Å². The van der Waals surface area contributed by atoms with E-state index in [2.05, 4.69) is 6.92 Å². The van der Waals surface area contributed by atoms with E-state index in [1.807, 2.05) is 20.8 Å². The molecule has 2 saturated carbocycles. The molecule has 2 rings (SSSR count). The maximum atomic E-state index is 10.7. The van der Waals surface area contributed by atoms with Crippen LogP contribution in [0.4, 0.5) is 0 Å². The Kier molecular flexibility index (Phi) is 6.05. The van der Waals surface area contributed by atoms with Crippen LogP contribution in [-0.4, -0.2) is 10.9 Å². The lowest BCUT2D eigenvalue weighted by Gasteiger charge is -2.22. The van der Waals surface area contributed by atoms with Crippen molar-refractivity contribution in [2.75, 3.05) is 5.75 Å². The van der Waals surface area contributed by atoms with Crippen molar-refractivity contribution >= 4 is 16.9 Å². The van der Waals surface area contributed by atoms with Crippen LogP contribution in [0.2, 0.25) is 0 Å². The number of fused-ring (bicyclic) bond motifs is 1. The molecule has 0 N–H and O–H groups in total. The predicted molar refractivity (Wildman–Crippen MR) is 77.3 cm³/mol. The van der Waals surface area contributed by atoms with Gasteiger partial charge in [0.05, 0.1) is 0 Å². The van der Waals surface area contributed by atoms with Crippen LogP contribution in [0, 0.1) is 17.3 Å². The molecule has 2 fully saturated rings. The average Bonchev–Trinajstić information content (AvgIpc) is 2.76. The summed E-state index contributed by atoms with van der Waals surface area (Å²) >= 11 is 1.40. The second-order valence-electron chi connectivity index (χ2n) is 6.04. The molecule has 17 heavy (non-hydrogen) atoms. The highest BCUT2D eigenvalue weighted by Crippen LogP contribution is 2.53. The summed E-state index contributed by atoms with van der Waals surface area (Å²) in [4.78, 5) is 10.7. The van der Waals surface area contributed by atoms with Crippen molar-refractivity contribution < 1.29 is 4.79 Å². The fourth-order valence-electron chi connectivity index (χ4n) is 3.19. The largest absolute Gasteiger partial charge is 0.287 e. The quantitative estimate of drug-likeness (QED) is 0.699. The van der Waals surface area contributed by atoms with Crippen molar-refractivity contribution in [3.63, 3.8) is 0 Å². The van der Waals surface area contributed by atoms with Crippen molar-refractivity contribution in [2.45, 2.75) is 66.2 Å². The number of hydrogen-bond donors (Lipinski definition) is 0. The summed E-state index contributed by atoms with van der Waals surface area (Å²) in [5.74, 6) is 2.22. The molecule has 0 aromatic rings. The average molecular weight is 256 g/mol. The predicted octanol–water partition coefficient (Wildman–Crippen LogP) is 4.90. The van der Waals surface area contributed by atoms with Gasteiger partial charge in [0.2, 0.25) is 0 Å². The molecular weight excluding hydrogens is 228 g/mol. The van der Waals surface area contributed by atoms with Crippen LogP contribution in [0.1, 0.15) is 66.2 Å². The first-order valence-electron chi connectivity index (χ1n) is 7.16. The molecule has 0 atom stereocenters. The lowest BCUT2D eigenvalue weighted by molar-refractivity contribution is -0.113. The monoisotopic (exact) mass is 256 g/mol. The Morgan fingerprint density at radius 3 is 2.12 bits per heavy atom. The zero-order chi connectivity index (χ0) is 12.9. The van der Waals surface area contributed by atoms with Crippen LogP contribution >= 0.6 is 11.8 Å². The first kappa shape index (κ1) is 15.1. The fourth-order valence-corrected chi connectivity index (χ4v) is 3.81. The third-order valence-corrected chi connectivity index (χ3v) is 5.39. The van der Waals surface area contributed by atoms with Gasteiger partial charge < -0.3 is 0 Å². The number of thioether (sulfide) groups is 1. The highest BCUT2D eigenvalue weighted by molar-refractivity contribution is 8.13. The normalized spacial score (nSPS) is 31.0. The SMILES string of the molecule is CC12CCCC1CCC2.CCSC(=O)C(C)C. The van der Waals surface area contributed by atoms with Crippen LogP contribution in [-0.2, 0) is 4.79 Å². The topological polar surface area (TPSA) is 17.1 Å². The number of carbonyl (C=O) groups is 1. The summed E-state index contributed by atoms with van der Waals surface area (Å²) in [6.07, 6.45) is 9.16. The minimum absolute atomic E-state index is 0.194. The van der Waals surface area contributed by atoms with Gasteiger partial charge >= 0.3 is 0 Å². The van der Waals surface area contributed by atoms with Gasteiger partial charge in [0.25, 0.3) is 0 Å². The van der Waals surface area contributed by atoms with Gasteiger partial charge in [-0.1, -0.05) is 52.3 Å². The van der Waals surface area contributed by atoms with Crippen molar-refractivity contribution in [2.24, 2.45) is 17.3 Å². The van der Waals surface area contributed by atoms with E-state index in [-0.39, 0.29) is 5.92 Å². The first-order valence-corrected chi connectivity index (χ1v) is 8.15. The maximum Gasteiger partial charge on any atom is 0.191 e. The molecule has 1 nitrogen and oxygen atoms in total. The van der Waals surface area contributed by atoms with Crippen LogP contribution in [0.3, 0.4) is 0 Å². The fraction of sp³-hybridized carbons (Fsp3) is 0.933. The Hall–Kier alpha value is 0.0200. The molecule has 2 heteroatoms. The molecule has 0 radical (unpaired) electrons. The van der Waals surface area contributed by atoms with Gasteiger partial charge in [-0.05, 0) is 42.8 Å². The second kappa shape index (κ2) is 6.82. The summed E-state index contributed by atoms with van der Waals surface area (Å²) < 4.78 is 0. The molecule has 0 amide bonds. The van der Waals surface area contributed by atoms with E-state index < -0.39 is 0 Å². The van der Waals surface area contributed by atoms with Crippen molar-refractivity contribution in [3.8, 4) is 0 Å². The van der Waals surface area contributed by atoms with Gasteiger partial charge in [-0.25, -0.2) is 0 Å². The van der Waals surface area contributed by atoms with Crippen LogP contribution < -0.4 is 0 Å². The third kappa shape index (κ3) is 4.31. The van der Waals surface area contributed by atoms with E-state index in [0.717, 1.165) is 17.1 Å². The Morgan fingerprint density at radius 1 is 1.29 bits per heavy atom. The van der Waals surface area contributed by atoms with Crippen molar-refractivity contribution in [3.05, 3.63) is 0 Å². The van der Waals surface area contributed by atoms with Crippen LogP contribution in [0.15, 0.2) is 0 Å². The molecule has 0 saturated heterocycles. The van der Waals surface area contributed by atoms with Gasteiger partial charge in [0.1, 0.15) is 0 Å². The van der Waals surface area contributed by atoms with E-state index in [9.17, 15) is 4.79 Å². The summed E-state index contributed by atoms with van der Waals surface area (Å²) in [6.45, 7) is 8.33. The number of rotatable bonds is 2. The zero-order valence-electron chi connectivity index (χ0n) is 11.9. The molecule has 0 aromatic carbocycles. The lowest BCUT2D eigenvalue weighted by atomic mass is 9.83. The summed E-state index contributed by atoms with van der Waals surface area (Å²) in [5.41, 5.74) is 0.806. The van der Waals surface area contributed by atoms with E-state index in [1.54, 1.807) is 0 Å². The molecule has 0 spiro atoms. The van der Waals surface area contributed by atoms with Crippen molar-refractivity contribution in [1.29, 1.82) is 0 Å². The lowest BCUT2D eigenvalue weighted by Crippen LogP contribution is -2.13. The molecule has 0 aromatic heterocycles. The smallest absolute Gasteiger partial charge is 0.191 e. The molecule has 0 aliphatic heterocycles. The molecule has 2 aliphatic rings. The summed E-state index contributed by atoms with van der Waals surface area (Å²) in [5, 5.41) is 0.299. The Labute approximate surface area is 111 Å². The van der Waals surface area contributed by atoms with Gasteiger partial charge in [-0.2, -0.15) is 0 Å². The zero-order valence-corrected chi connectivity index (χ0v) is 12.7. The van der Waals surface area contributed by atoms with Gasteiger partial charge in [-0.15, -0.1) is 0 Å². The van der Waals surface area contributed by atoms with Crippen LogP contribution in [0.5, 0.6) is 0 Å². The molecule has 0 bridgehead atoms. The Bertz CT molecular complexity index is 237. The highest BCUT2D eigenvalue weighted by Gasteiger charge is 2.41. The van der Waals surface area contributed by atoms with Gasteiger partial charge in [-0.3, -0.25) is 4.79 Å². The molecule has 0 heterocycles. The maximum absolute atomic E-state index is 10.7. The van der Waals surface area contributed by atoms with E-state index in [4.69, 9.17) is 0 Å². The molecule has 0 unspecified atom stereocenters. The molecular formula is C15H28OS. The Morgan fingerprint density at radius 2 is 1.82 bits per heavy atom. The van der Waals surface area contributed by atoms with E-state index in [1.165, 1.54) is 50.3 Å². The Balaban J connectivity index is 0.000000172. The minimum atomic E-state index is 0.194. The highest BCUT2D eigenvalue weighted by atomic mass is 32.2. The third-order valence-electron chi connectivity index (χ3n) is 4.34. The summed E-state index contributed by atoms with van der Waals surface area (Å²) in [6, 6.07) is 0. The summed E-state index contributed by atoms with van der Waals surface area (Å²) in [7, 11) is 0. The number of hydrogen-bond acceptors (Lipinski definition) is 2.